The number of carboxylic acids is 1. The van der Waals surface area contributed by atoms with E-state index in [-0.39, 0.29) is 5.56 Å². The van der Waals surface area contributed by atoms with Crippen molar-refractivity contribution in [2.45, 2.75) is 32.8 Å². The molecule has 0 spiro atoms. The maximum Gasteiger partial charge on any atom is 0.337 e. The zero-order chi connectivity index (χ0) is 13.8. The summed E-state index contributed by atoms with van der Waals surface area (Å²) in [6.45, 7) is 6.16. The van der Waals surface area contributed by atoms with E-state index in [2.05, 4.69) is 5.32 Å². The van der Waals surface area contributed by atoms with Gasteiger partial charge in [0.15, 0.2) is 0 Å². The Morgan fingerprint density at radius 2 is 2.00 bits per heavy atom. The summed E-state index contributed by atoms with van der Waals surface area (Å²) < 4.78 is 0. The van der Waals surface area contributed by atoms with Gasteiger partial charge in [0.1, 0.15) is 0 Å². The van der Waals surface area contributed by atoms with Crippen LogP contribution in [-0.2, 0) is 0 Å². The highest BCUT2D eigenvalue weighted by Crippen LogP contribution is 2.20. The third kappa shape index (κ3) is 4.37. The van der Waals surface area contributed by atoms with Gasteiger partial charge in [0, 0.05) is 12.2 Å². The molecule has 0 radical (unpaired) electrons. The van der Waals surface area contributed by atoms with Crippen LogP contribution in [0.1, 0.15) is 37.6 Å². The van der Waals surface area contributed by atoms with E-state index in [9.17, 15) is 9.90 Å². The summed E-state index contributed by atoms with van der Waals surface area (Å²) in [5.74, 6) is -0.585. The molecule has 1 rings (SSSR count). The van der Waals surface area contributed by atoms with Crippen molar-refractivity contribution in [1.29, 1.82) is 0 Å². The van der Waals surface area contributed by atoms with Crippen molar-refractivity contribution in [3.05, 3.63) is 29.8 Å². The number of anilines is 1. The second-order valence-corrected chi connectivity index (χ2v) is 5.30. The molecule has 0 aliphatic heterocycles. The molecule has 3 N–H and O–H groups in total. The molecule has 4 nitrogen and oxygen atoms in total. The number of rotatable bonds is 6. The van der Waals surface area contributed by atoms with Crippen LogP contribution in [0.25, 0.3) is 0 Å². The molecule has 0 saturated heterocycles. The Labute approximate surface area is 108 Å². The van der Waals surface area contributed by atoms with Gasteiger partial charge in [-0.2, -0.15) is 0 Å². The molecular formula is C14H21NO3. The Kier molecular flexibility index (Phi) is 4.73. The second-order valence-electron chi connectivity index (χ2n) is 5.30. The lowest BCUT2D eigenvalue weighted by molar-refractivity contribution is 0.0513. The van der Waals surface area contributed by atoms with Crippen LogP contribution in [0.4, 0.5) is 5.69 Å². The van der Waals surface area contributed by atoms with E-state index >= 15 is 0 Å². The van der Waals surface area contributed by atoms with Gasteiger partial charge in [-0.3, -0.25) is 0 Å². The topological polar surface area (TPSA) is 69.6 Å². The fraction of sp³-hybridized carbons (Fsp3) is 0.500. The van der Waals surface area contributed by atoms with Crippen LogP contribution in [-0.4, -0.2) is 28.3 Å². The van der Waals surface area contributed by atoms with Crippen LogP contribution < -0.4 is 5.32 Å². The maximum atomic E-state index is 11.0. The molecule has 18 heavy (non-hydrogen) atoms. The Morgan fingerprint density at radius 3 is 2.56 bits per heavy atom. The number of hydrogen-bond donors (Lipinski definition) is 3. The molecule has 0 aliphatic carbocycles. The summed E-state index contributed by atoms with van der Waals surface area (Å²) in [4.78, 5) is 11.0. The van der Waals surface area contributed by atoms with E-state index in [4.69, 9.17) is 5.11 Å². The molecule has 1 unspecified atom stereocenters. The van der Waals surface area contributed by atoms with E-state index in [0.29, 0.717) is 24.6 Å². The Hall–Kier alpha value is -1.55. The molecular weight excluding hydrogens is 230 g/mol. The van der Waals surface area contributed by atoms with Crippen LogP contribution in [0.3, 0.4) is 0 Å². The third-order valence-electron chi connectivity index (χ3n) is 2.67. The maximum absolute atomic E-state index is 11.0. The quantitative estimate of drug-likeness (QED) is 0.727. The molecule has 0 aliphatic rings. The number of hydrogen-bond acceptors (Lipinski definition) is 3. The fourth-order valence-corrected chi connectivity index (χ4v) is 2.06. The summed E-state index contributed by atoms with van der Waals surface area (Å²) in [6.07, 6.45) is 0.662. The van der Waals surface area contributed by atoms with Crippen LogP contribution in [0.5, 0.6) is 0 Å². The summed E-state index contributed by atoms with van der Waals surface area (Å²) in [6, 6.07) is 6.70. The molecule has 0 heterocycles. The third-order valence-corrected chi connectivity index (χ3v) is 2.67. The first kappa shape index (κ1) is 14.5. The van der Waals surface area contributed by atoms with Gasteiger partial charge in [0.25, 0.3) is 0 Å². The summed E-state index contributed by atoms with van der Waals surface area (Å²) >= 11 is 0. The number of benzene rings is 1. The highest BCUT2D eigenvalue weighted by molar-refractivity contribution is 5.94. The van der Waals surface area contributed by atoms with Crippen LogP contribution >= 0.6 is 0 Å². The van der Waals surface area contributed by atoms with E-state index in [1.807, 2.05) is 13.8 Å². The molecule has 4 heteroatoms. The highest BCUT2D eigenvalue weighted by Gasteiger charge is 2.22. The van der Waals surface area contributed by atoms with Crippen molar-refractivity contribution < 1.29 is 15.0 Å². The van der Waals surface area contributed by atoms with Gasteiger partial charge < -0.3 is 15.5 Å². The standard InChI is InChI=1S/C14H21NO3/c1-10(2)8-14(3,18)9-15-12-7-5-4-6-11(12)13(16)17/h4-7,10,15,18H,8-9H2,1-3H3,(H,16,17). The van der Waals surface area contributed by atoms with Crippen molar-refractivity contribution in [2.24, 2.45) is 5.92 Å². The molecule has 0 amide bonds. The van der Waals surface area contributed by atoms with Crippen molar-refractivity contribution in [3.63, 3.8) is 0 Å². The van der Waals surface area contributed by atoms with Crippen LogP contribution in [0.15, 0.2) is 24.3 Å². The molecule has 1 atom stereocenters. The summed E-state index contributed by atoms with van der Waals surface area (Å²) in [5.41, 5.74) is -0.0911. The first-order valence-electron chi connectivity index (χ1n) is 6.10. The van der Waals surface area contributed by atoms with Gasteiger partial charge in [0.2, 0.25) is 0 Å². The largest absolute Gasteiger partial charge is 0.478 e. The number of nitrogens with one attached hydrogen (secondary N) is 1. The number of aliphatic hydroxyl groups is 1. The normalized spacial score (nSPS) is 14.3. The minimum absolute atomic E-state index is 0.220. The lowest BCUT2D eigenvalue weighted by Gasteiger charge is -2.26. The fourth-order valence-electron chi connectivity index (χ4n) is 2.06. The average Bonchev–Trinajstić information content (AvgIpc) is 2.25. The number of para-hydroxylation sites is 1. The SMILES string of the molecule is CC(C)CC(C)(O)CNc1ccccc1C(=O)O. The van der Waals surface area contributed by atoms with Gasteiger partial charge in [0.05, 0.1) is 11.2 Å². The first-order valence-corrected chi connectivity index (χ1v) is 6.10. The van der Waals surface area contributed by atoms with Crippen LogP contribution in [0, 0.1) is 5.92 Å². The van der Waals surface area contributed by atoms with Gasteiger partial charge in [-0.1, -0.05) is 26.0 Å². The smallest absolute Gasteiger partial charge is 0.337 e. The number of carbonyl (C=O) groups is 1. The average molecular weight is 251 g/mol. The number of aromatic carboxylic acids is 1. The Morgan fingerprint density at radius 1 is 1.39 bits per heavy atom. The Bertz CT molecular complexity index is 413. The molecule has 0 saturated carbocycles. The van der Waals surface area contributed by atoms with Crippen molar-refractivity contribution in [2.75, 3.05) is 11.9 Å². The monoisotopic (exact) mass is 251 g/mol. The molecule has 100 valence electrons. The highest BCUT2D eigenvalue weighted by atomic mass is 16.4. The molecule has 1 aromatic rings. The van der Waals surface area contributed by atoms with Crippen LogP contribution in [0.2, 0.25) is 0 Å². The Balaban J connectivity index is 2.71. The predicted molar refractivity (Wildman–Crippen MR) is 72.0 cm³/mol. The zero-order valence-corrected chi connectivity index (χ0v) is 11.1. The van der Waals surface area contributed by atoms with E-state index in [1.54, 1.807) is 31.2 Å². The van der Waals surface area contributed by atoms with Gasteiger partial charge in [-0.05, 0) is 31.4 Å². The number of carboxylic acid groups (broad SMARTS) is 1. The predicted octanol–water partition coefficient (Wildman–Crippen LogP) is 2.59. The van der Waals surface area contributed by atoms with Crippen molar-refractivity contribution >= 4 is 11.7 Å². The van der Waals surface area contributed by atoms with E-state index in [0.717, 1.165) is 0 Å². The van der Waals surface area contributed by atoms with Gasteiger partial charge in [-0.15, -0.1) is 0 Å². The van der Waals surface area contributed by atoms with Crippen molar-refractivity contribution in [1.82, 2.24) is 0 Å². The zero-order valence-electron chi connectivity index (χ0n) is 11.1. The minimum Gasteiger partial charge on any atom is -0.478 e. The van der Waals surface area contributed by atoms with Gasteiger partial charge in [-0.25, -0.2) is 4.79 Å². The van der Waals surface area contributed by atoms with Crippen molar-refractivity contribution in [3.8, 4) is 0 Å². The second kappa shape index (κ2) is 5.87. The molecule has 0 aromatic heterocycles. The molecule has 0 fully saturated rings. The summed E-state index contributed by atoms with van der Waals surface area (Å²) in [7, 11) is 0. The lowest BCUT2D eigenvalue weighted by atomic mass is 9.94. The van der Waals surface area contributed by atoms with E-state index < -0.39 is 11.6 Å². The molecule has 0 bridgehead atoms. The lowest BCUT2D eigenvalue weighted by Crippen LogP contribution is -2.35. The minimum atomic E-state index is -0.971. The van der Waals surface area contributed by atoms with E-state index in [1.165, 1.54) is 0 Å². The molecule has 1 aromatic carbocycles. The first-order chi connectivity index (χ1) is 8.32. The summed E-state index contributed by atoms with van der Waals surface area (Å²) in [5, 5.41) is 22.2. The van der Waals surface area contributed by atoms with Gasteiger partial charge >= 0.3 is 5.97 Å².